The molecule has 5 heteroatoms. The van der Waals surface area contributed by atoms with Gasteiger partial charge in [0.15, 0.2) is 16.6 Å². The molecule has 0 saturated carbocycles. The highest BCUT2D eigenvalue weighted by atomic mass is 28.5. The Bertz CT molecular complexity index is 371. The predicted octanol–water partition coefficient (Wildman–Crippen LogP) is 10.4. The van der Waals surface area contributed by atoms with Crippen molar-refractivity contribution in [3.05, 3.63) is 0 Å². The zero-order chi connectivity index (χ0) is 23.6. The van der Waals surface area contributed by atoms with Crippen molar-refractivity contribution in [3.63, 3.8) is 0 Å². The van der Waals surface area contributed by atoms with Crippen molar-refractivity contribution in [2.75, 3.05) is 0 Å². The van der Waals surface area contributed by atoms with E-state index in [1.807, 2.05) is 0 Å². The molecule has 0 atom stereocenters. The summed E-state index contributed by atoms with van der Waals surface area (Å²) in [5.74, 6) is 0. The van der Waals surface area contributed by atoms with Gasteiger partial charge in [0, 0.05) is 0 Å². The van der Waals surface area contributed by atoms with Gasteiger partial charge in [-0.05, 0) is 49.4 Å². The molecule has 188 valence electrons. The van der Waals surface area contributed by atoms with Gasteiger partial charge in [-0.3, -0.25) is 0 Å². The Balaban J connectivity index is 4.85. The van der Waals surface area contributed by atoms with Crippen molar-refractivity contribution in [1.29, 1.82) is 0 Å². The fourth-order valence-corrected chi connectivity index (χ4v) is 21.3. The molecule has 0 rings (SSSR count). The van der Waals surface area contributed by atoms with Crippen LogP contribution < -0.4 is 0 Å². The summed E-state index contributed by atoms with van der Waals surface area (Å²) in [4.78, 5) is 0. The third-order valence-electron chi connectivity index (χ3n) is 7.47. The van der Waals surface area contributed by atoms with Crippen LogP contribution in [0.2, 0.25) is 49.4 Å². The van der Waals surface area contributed by atoms with Crippen molar-refractivity contribution in [2.24, 2.45) is 0 Å². The Labute approximate surface area is 201 Å². The van der Waals surface area contributed by atoms with Crippen molar-refractivity contribution >= 4 is 25.2 Å². The zero-order valence-electron chi connectivity index (χ0n) is 23.0. The van der Waals surface area contributed by atoms with E-state index in [1.54, 1.807) is 0 Å². The summed E-state index contributed by atoms with van der Waals surface area (Å²) in [5.41, 5.74) is 0. The van der Waals surface area contributed by atoms with Crippen molar-refractivity contribution in [3.8, 4) is 0 Å². The average Bonchev–Trinajstić information content (AvgIpc) is 2.76. The van der Waals surface area contributed by atoms with Crippen molar-refractivity contribution in [1.82, 2.24) is 0 Å². The van der Waals surface area contributed by atoms with E-state index in [4.69, 9.17) is 8.23 Å². The lowest BCUT2D eigenvalue weighted by molar-refractivity contribution is 0.373. The van der Waals surface area contributed by atoms with Crippen LogP contribution in [0, 0.1) is 0 Å². The minimum Gasteiger partial charge on any atom is -0.436 e. The monoisotopic (exact) mass is 488 g/mol. The van der Waals surface area contributed by atoms with Crippen LogP contribution in [0.15, 0.2) is 0 Å². The molecule has 0 aromatic heterocycles. The van der Waals surface area contributed by atoms with Crippen LogP contribution in [0.1, 0.15) is 119 Å². The van der Waals surface area contributed by atoms with Crippen LogP contribution in [-0.2, 0) is 8.23 Å². The molecule has 0 unspecified atom stereocenters. The Hall–Kier alpha value is 0.571. The molecule has 0 aromatic carbocycles. The molecule has 0 spiro atoms. The maximum absolute atomic E-state index is 7.16. The fourth-order valence-electron chi connectivity index (χ4n) is 5.12. The lowest BCUT2D eigenvalue weighted by atomic mass is 10.1. The summed E-state index contributed by atoms with van der Waals surface area (Å²) in [6, 6.07) is 7.70. The van der Waals surface area contributed by atoms with E-state index in [2.05, 4.69) is 54.6 Å². The summed E-state index contributed by atoms with van der Waals surface area (Å²) in [6.07, 6.45) is 16.6. The molecule has 0 aliphatic carbocycles. The second-order valence-corrected chi connectivity index (χ2v) is 23.4. The van der Waals surface area contributed by atoms with Gasteiger partial charge >= 0.3 is 8.56 Å². The summed E-state index contributed by atoms with van der Waals surface area (Å²) >= 11 is 0. The first-order valence-corrected chi connectivity index (χ1v) is 22.1. The zero-order valence-corrected chi connectivity index (χ0v) is 26.0. The molecule has 0 aliphatic rings. The lowest BCUT2D eigenvalue weighted by Gasteiger charge is -2.43. The van der Waals surface area contributed by atoms with Gasteiger partial charge in [0.25, 0.3) is 0 Å². The smallest absolute Gasteiger partial charge is 0.311 e. The Kier molecular flexibility index (Phi) is 18.3. The first-order chi connectivity index (χ1) is 14.8. The minimum absolute atomic E-state index is 1.25. The van der Waals surface area contributed by atoms with E-state index in [-0.39, 0.29) is 0 Å². The van der Waals surface area contributed by atoms with Crippen LogP contribution in [0.4, 0.5) is 0 Å². The highest BCUT2D eigenvalue weighted by molar-refractivity contribution is 6.89. The molecule has 0 aliphatic heterocycles. The van der Waals surface area contributed by atoms with Gasteiger partial charge in [0.2, 0.25) is 0 Å². The van der Waals surface area contributed by atoms with Gasteiger partial charge in [-0.2, -0.15) is 0 Å². The first kappa shape index (κ1) is 31.6. The molecule has 2 nitrogen and oxygen atoms in total. The number of rotatable bonds is 22. The number of hydrogen-bond acceptors (Lipinski definition) is 2. The molecule has 31 heavy (non-hydrogen) atoms. The van der Waals surface area contributed by atoms with E-state index in [0.717, 1.165) is 0 Å². The predicted molar refractivity (Wildman–Crippen MR) is 149 cm³/mol. The second-order valence-electron chi connectivity index (χ2n) is 10.4. The molecule has 0 saturated heterocycles. The SMILES string of the molecule is CCCCCCCC[Si](CC)(CC)O[Si](C)(C)O[Si](CC)(CC)CCCCCCCC. The van der Waals surface area contributed by atoms with Gasteiger partial charge < -0.3 is 8.23 Å². The number of hydrogen-bond donors (Lipinski definition) is 0. The molecule has 0 bridgehead atoms. The molecular weight excluding hydrogens is 429 g/mol. The topological polar surface area (TPSA) is 18.5 Å². The van der Waals surface area contributed by atoms with Gasteiger partial charge in [-0.25, -0.2) is 0 Å². The normalized spacial score (nSPS) is 13.2. The molecule has 0 radical (unpaired) electrons. The Morgan fingerprint density at radius 3 is 1.00 bits per heavy atom. The maximum atomic E-state index is 7.16. The summed E-state index contributed by atoms with van der Waals surface area (Å²) in [7, 11) is -5.43. The highest BCUT2D eigenvalue weighted by Gasteiger charge is 2.44. The average molecular weight is 489 g/mol. The van der Waals surface area contributed by atoms with E-state index in [1.165, 1.54) is 113 Å². The Morgan fingerprint density at radius 2 is 0.710 bits per heavy atom. The van der Waals surface area contributed by atoms with Crippen LogP contribution in [0.25, 0.3) is 0 Å². The molecule has 0 aromatic rings. The molecule has 0 N–H and O–H groups in total. The first-order valence-electron chi connectivity index (χ1n) is 14.2. The second kappa shape index (κ2) is 18.0. The van der Waals surface area contributed by atoms with Crippen LogP contribution in [0.5, 0.6) is 0 Å². The van der Waals surface area contributed by atoms with Crippen LogP contribution in [0.3, 0.4) is 0 Å². The van der Waals surface area contributed by atoms with E-state index >= 15 is 0 Å². The summed E-state index contributed by atoms with van der Waals surface area (Å²) < 4.78 is 14.3. The molecule has 0 heterocycles. The minimum atomic E-state index is -2.10. The third-order valence-corrected chi connectivity index (χ3v) is 22.6. The van der Waals surface area contributed by atoms with Gasteiger partial charge in [0.1, 0.15) is 0 Å². The molecule has 0 fully saturated rings. The van der Waals surface area contributed by atoms with Crippen molar-refractivity contribution < 1.29 is 8.23 Å². The van der Waals surface area contributed by atoms with Crippen LogP contribution >= 0.6 is 0 Å². The molecule has 0 amide bonds. The van der Waals surface area contributed by atoms with E-state index in [0.29, 0.717) is 0 Å². The fraction of sp³-hybridized carbons (Fsp3) is 1.00. The van der Waals surface area contributed by atoms with Crippen molar-refractivity contribution in [2.45, 2.75) is 168 Å². The lowest BCUT2D eigenvalue weighted by Crippen LogP contribution is -2.55. The van der Waals surface area contributed by atoms with Gasteiger partial charge in [0.05, 0.1) is 0 Å². The Morgan fingerprint density at radius 1 is 0.419 bits per heavy atom. The largest absolute Gasteiger partial charge is 0.436 e. The quantitative estimate of drug-likeness (QED) is 0.111. The van der Waals surface area contributed by atoms with E-state index < -0.39 is 25.2 Å². The molecular formula is C26H60O2Si3. The third kappa shape index (κ3) is 13.8. The van der Waals surface area contributed by atoms with Gasteiger partial charge in [-0.1, -0.05) is 119 Å². The van der Waals surface area contributed by atoms with Gasteiger partial charge in [-0.15, -0.1) is 0 Å². The van der Waals surface area contributed by atoms with Crippen LogP contribution in [-0.4, -0.2) is 25.2 Å². The maximum Gasteiger partial charge on any atom is 0.311 e. The van der Waals surface area contributed by atoms with E-state index in [9.17, 15) is 0 Å². The number of unbranched alkanes of at least 4 members (excludes halogenated alkanes) is 10. The summed E-state index contributed by atoms with van der Waals surface area (Å²) in [6.45, 7) is 18.9. The standard InChI is InChI=1S/C26H60O2Si3/c1-9-15-17-19-21-23-25-30(11-3,12-4)27-29(7,8)28-31(13-5,14-6)26-24-22-20-18-16-10-2/h9-26H2,1-8H3. The highest BCUT2D eigenvalue weighted by Crippen LogP contribution is 2.34. The summed E-state index contributed by atoms with van der Waals surface area (Å²) in [5, 5.41) is 0.